The number of unbranched alkanes of at least 4 members (excludes halogenated alkanes) is 30. The summed E-state index contributed by atoms with van der Waals surface area (Å²) in [6, 6.07) is 0. The zero-order valence-electron chi connectivity index (χ0n) is 28.0. The molecule has 1 nitrogen and oxygen atoms in total. The van der Waals surface area contributed by atoms with Crippen LogP contribution in [0.3, 0.4) is 0 Å². The molecule has 0 aliphatic carbocycles. The molecule has 0 aromatic heterocycles. The maximum Gasteiger partial charge on any atom is 0.0619 e. The lowest BCUT2D eigenvalue weighted by Crippen LogP contribution is -2.23. The molecule has 1 unspecified atom stereocenters. The molecule has 1 atom stereocenters. The molecule has 0 saturated heterocycles. The zero-order chi connectivity index (χ0) is 28.5. The van der Waals surface area contributed by atoms with E-state index in [0.29, 0.717) is 0 Å². The largest absolute Gasteiger partial charge is 0.390 e. The minimum absolute atomic E-state index is 0.424. The van der Waals surface area contributed by atoms with Gasteiger partial charge in [0.25, 0.3) is 0 Å². The minimum atomic E-state index is -0.424. The average Bonchev–Trinajstić information content (AvgIpc) is 2.92. The zero-order valence-corrected chi connectivity index (χ0v) is 28.0. The van der Waals surface area contributed by atoms with Crippen molar-refractivity contribution < 1.29 is 5.11 Å². The Kier molecular flexibility index (Phi) is 32.4. The third kappa shape index (κ3) is 34.1. The fraction of sp³-hybridized carbons (Fsp3) is 1.00. The van der Waals surface area contributed by atoms with Crippen LogP contribution in [0.25, 0.3) is 0 Å². The molecule has 0 aromatic rings. The van der Waals surface area contributed by atoms with Crippen LogP contribution in [0.4, 0.5) is 0 Å². The van der Waals surface area contributed by atoms with E-state index in [9.17, 15) is 5.11 Å². The smallest absolute Gasteiger partial charge is 0.0619 e. The second-order valence-electron chi connectivity index (χ2n) is 13.6. The van der Waals surface area contributed by atoms with Gasteiger partial charge >= 0.3 is 0 Å². The van der Waals surface area contributed by atoms with Gasteiger partial charge in [0.1, 0.15) is 0 Å². The molecule has 0 aliphatic rings. The molecular weight excluding hydrogens is 472 g/mol. The van der Waals surface area contributed by atoms with Crippen molar-refractivity contribution in [2.24, 2.45) is 0 Å². The molecule has 0 saturated carbocycles. The van der Waals surface area contributed by atoms with Crippen LogP contribution in [0, 0.1) is 0 Å². The maximum absolute atomic E-state index is 10.7. The molecule has 236 valence electrons. The van der Waals surface area contributed by atoms with Crippen molar-refractivity contribution >= 4 is 0 Å². The van der Waals surface area contributed by atoms with E-state index >= 15 is 0 Å². The molecule has 39 heavy (non-hydrogen) atoms. The topological polar surface area (TPSA) is 20.2 Å². The number of hydrogen-bond acceptors (Lipinski definition) is 1. The summed E-state index contributed by atoms with van der Waals surface area (Å²) in [5.74, 6) is 0. The summed E-state index contributed by atoms with van der Waals surface area (Å²) in [4.78, 5) is 0. The van der Waals surface area contributed by atoms with E-state index in [2.05, 4.69) is 20.8 Å². The Morgan fingerprint density at radius 1 is 0.282 bits per heavy atom. The molecule has 0 radical (unpaired) electrons. The molecule has 1 heteroatoms. The second-order valence-corrected chi connectivity index (χ2v) is 13.6. The second kappa shape index (κ2) is 32.5. The van der Waals surface area contributed by atoms with E-state index in [0.717, 1.165) is 12.8 Å². The van der Waals surface area contributed by atoms with Crippen LogP contribution in [0.2, 0.25) is 0 Å². The summed E-state index contributed by atoms with van der Waals surface area (Å²) in [6.45, 7) is 6.68. The summed E-state index contributed by atoms with van der Waals surface area (Å²) in [5, 5.41) is 10.7. The first kappa shape index (κ1) is 39.0. The van der Waals surface area contributed by atoms with Gasteiger partial charge in [0.05, 0.1) is 5.60 Å². The highest BCUT2D eigenvalue weighted by atomic mass is 16.3. The Morgan fingerprint density at radius 2 is 0.436 bits per heavy atom. The van der Waals surface area contributed by atoms with E-state index in [4.69, 9.17) is 0 Å². The SMILES string of the molecule is CCCCCCCCCCCCCCCCCCCCC(C)(O)CCCCCCCCCCCCCCCC. The summed E-state index contributed by atoms with van der Waals surface area (Å²) in [6.07, 6.45) is 47.2. The molecule has 0 fully saturated rings. The molecule has 0 spiro atoms. The highest BCUT2D eigenvalue weighted by Gasteiger charge is 2.18. The number of aliphatic hydroxyl groups is 1. The Morgan fingerprint density at radius 3 is 0.615 bits per heavy atom. The van der Waals surface area contributed by atoms with Crippen LogP contribution in [-0.2, 0) is 0 Å². The van der Waals surface area contributed by atoms with Crippen LogP contribution < -0.4 is 0 Å². The molecule has 1 N–H and O–H groups in total. The molecule has 0 bridgehead atoms. The van der Waals surface area contributed by atoms with Crippen molar-refractivity contribution in [1.82, 2.24) is 0 Å². The van der Waals surface area contributed by atoms with Gasteiger partial charge in [-0.25, -0.2) is 0 Å². The Labute approximate surface area is 249 Å². The monoisotopic (exact) mass is 551 g/mol. The average molecular weight is 551 g/mol. The maximum atomic E-state index is 10.7. The van der Waals surface area contributed by atoms with E-state index in [-0.39, 0.29) is 0 Å². The van der Waals surface area contributed by atoms with Crippen molar-refractivity contribution in [1.29, 1.82) is 0 Å². The summed E-state index contributed by atoms with van der Waals surface area (Å²) < 4.78 is 0. The van der Waals surface area contributed by atoms with Crippen LogP contribution in [-0.4, -0.2) is 10.7 Å². The van der Waals surface area contributed by atoms with Crippen LogP contribution in [0.5, 0.6) is 0 Å². The van der Waals surface area contributed by atoms with Crippen LogP contribution in [0.1, 0.15) is 239 Å². The molecular formula is C38H78O. The van der Waals surface area contributed by atoms with Gasteiger partial charge in [-0.1, -0.05) is 219 Å². The van der Waals surface area contributed by atoms with Crippen molar-refractivity contribution in [2.45, 2.75) is 245 Å². The number of rotatable bonds is 34. The lowest BCUT2D eigenvalue weighted by molar-refractivity contribution is 0.0366. The van der Waals surface area contributed by atoms with Gasteiger partial charge in [0, 0.05) is 0 Å². The first-order valence-corrected chi connectivity index (χ1v) is 18.8. The predicted octanol–water partition coefficient (Wildman–Crippen LogP) is 14.0. The van der Waals surface area contributed by atoms with Gasteiger partial charge in [0.15, 0.2) is 0 Å². The highest BCUT2D eigenvalue weighted by Crippen LogP contribution is 2.23. The standard InChI is InChI=1S/C38H78O/c1-4-6-8-10-12-14-16-18-20-21-22-23-25-27-29-31-33-35-37-38(3,39)36-34-32-30-28-26-24-19-17-15-13-11-9-7-5-2/h39H,4-37H2,1-3H3. The molecule has 0 aromatic carbocycles. The fourth-order valence-electron chi connectivity index (χ4n) is 6.23. The quantitative estimate of drug-likeness (QED) is 0.0790. The normalized spacial score (nSPS) is 13.2. The van der Waals surface area contributed by atoms with E-state index in [1.165, 1.54) is 205 Å². The lowest BCUT2D eigenvalue weighted by Gasteiger charge is -2.23. The summed E-state index contributed by atoms with van der Waals surface area (Å²) in [5.41, 5.74) is -0.424. The van der Waals surface area contributed by atoms with E-state index in [1.807, 2.05) is 0 Å². The van der Waals surface area contributed by atoms with Crippen molar-refractivity contribution in [3.63, 3.8) is 0 Å². The van der Waals surface area contributed by atoms with Gasteiger partial charge in [-0.2, -0.15) is 0 Å². The third-order valence-corrected chi connectivity index (χ3v) is 9.14. The van der Waals surface area contributed by atoms with E-state index in [1.54, 1.807) is 0 Å². The molecule has 0 heterocycles. The summed E-state index contributed by atoms with van der Waals surface area (Å²) in [7, 11) is 0. The Balaban J connectivity index is 3.26. The van der Waals surface area contributed by atoms with E-state index < -0.39 is 5.60 Å². The summed E-state index contributed by atoms with van der Waals surface area (Å²) >= 11 is 0. The fourth-order valence-corrected chi connectivity index (χ4v) is 6.23. The van der Waals surface area contributed by atoms with Gasteiger partial charge < -0.3 is 5.11 Å². The Bertz CT molecular complexity index is 428. The lowest BCUT2D eigenvalue weighted by atomic mass is 9.91. The predicted molar refractivity (Wildman–Crippen MR) is 179 cm³/mol. The van der Waals surface area contributed by atoms with Crippen molar-refractivity contribution in [3.05, 3.63) is 0 Å². The van der Waals surface area contributed by atoms with Gasteiger partial charge in [-0.15, -0.1) is 0 Å². The van der Waals surface area contributed by atoms with Gasteiger partial charge in [0.2, 0.25) is 0 Å². The highest BCUT2D eigenvalue weighted by molar-refractivity contribution is 4.72. The third-order valence-electron chi connectivity index (χ3n) is 9.14. The van der Waals surface area contributed by atoms with Crippen molar-refractivity contribution in [3.8, 4) is 0 Å². The minimum Gasteiger partial charge on any atom is -0.390 e. The van der Waals surface area contributed by atoms with Gasteiger partial charge in [-0.3, -0.25) is 0 Å². The number of hydrogen-bond donors (Lipinski definition) is 1. The first-order chi connectivity index (χ1) is 19.1. The van der Waals surface area contributed by atoms with Crippen molar-refractivity contribution in [2.75, 3.05) is 0 Å². The van der Waals surface area contributed by atoms with Gasteiger partial charge in [-0.05, 0) is 19.8 Å². The first-order valence-electron chi connectivity index (χ1n) is 18.8. The van der Waals surface area contributed by atoms with Crippen LogP contribution in [0.15, 0.2) is 0 Å². The molecule has 0 aliphatic heterocycles. The Hall–Kier alpha value is -0.0400. The van der Waals surface area contributed by atoms with Crippen LogP contribution >= 0.6 is 0 Å². The molecule has 0 rings (SSSR count). The molecule has 0 amide bonds.